The van der Waals surface area contributed by atoms with E-state index < -0.39 is 11.6 Å². The first-order valence-electron chi connectivity index (χ1n) is 14.2. The molecule has 0 aliphatic rings. The number of hydrogen-bond donors (Lipinski definition) is 1. The van der Waals surface area contributed by atoms with Crippen LogP contribution in [0.3, 0.4) is 0 Å². The van der Waals surface area contributed by atoms with Gasteiger partial charge in [-0.05, 0) is 82.3 Å². The van der Waals surface area contributed by atoms with Crippen molar-refractivity contribution in [2.24, 2.45) is 0 Å². The van der Waals surface area contributed by atoms with Gasteiger partial charge in [-0.25, -0.2) is 0 Å². The first-order valence-corrected chi connectivity index (χ1v) is 14.2. The Morgan fingerprint density at radius 3 is 2.15 bits per heavy atom. The van der Waals surface area contributed by atoms with E-state index in [2.05, 4.69) is 5.32 Å². The lowest BCUT2D eigenvalue weighted by Gasteiger charge is -2.34. The highest BCUT2D eigenvalue weighted by molar-refractivity contribution is 5.88. The summed E-state index contributed by atoms with van der Waals surface area (Å²) in [6.07, 6.45) is 1.21. The van der Waals surface area contributed by atoms with Crippen molar-refractivity contribution < 1.29 is 19.1 Å². The summed E-state index contributed by atoms with van der Waals surface area (Å²) in [5, 5.41) is 3.13. The average molecular weight is 545 g/mol. The molecule has 3 aromatic carbocycles. The minimum Gasteiger partial charge on any atom is -0.490 e. The molecule has 6 nitrogen and oxygen atoms in total. The summed E-state index contributed by atoms with van der Waals surface area (Å²) >= 11 is 0. The van der Waals surface area contributed by atoms with Gasteiger partial charge in [0.15, 0.2) is 11.5 Å². The van der Waals surface area contributed by atoms with Gasteiger partial charge in [-0.1, -0.05) is 60.7 Å². The normalized spacial score (nSPS) is 11.9. The smallest absolute Gasteiger partial charge is 0.243 e. The lowest BCUT2D eigenvalue weighted by Crippen LogP contribution is -2.54. The summed E-state index contributed by atoms with van der Waals surface area (Å²) < 4.78 is 11.5. The SMILES string of the molecule is CCOc1ccc(CCC(=O)N(Cc2ccccc2C)[C@H](Cc2ccccc2)C(=O)NC(C)(C)C)cc1OCC. The fourth-order valence-electron chi connectivity index (χ4n) is 4.62. The molecule has 0 bridgehead atoms. The van der Waals surface area contributed by atoms with Crippen LogP contribution >= 0.6 is 0 Å². The van der Waals surface area contributed by atoms with E-state index in [1.807, 2.05) is 114 Å². The minimum absolute atomic E-state index is 0.0694. The number of nitrogens with zero attached hydrogens (tertiary/aromatic N) is 1. The van der Waals surface area contributed by atoms with Gasteiger partial charge in [0, 0.05) is 24.9 Å². The number of nitrogens with one attached hydrogen (secondary N) is 1. The van der Waals surface area contributed by atoms with Crippen LogP contribution in [0, 0.1) is 6.92 Å². The first kappa shape index (κ1) is 30.7. The second kappa shape index (κ2) is 14.5. The number of aryl methyl sites for hydroxylation is 2. The molecule has 0 heterocycles. The van der Waals surface area contributed by atoms with Crippen molar-refractivity contribution in [2.75, 3.05) is 13.2 Å². The van der Waals surface area contributed by atoms with Gasteiger partial charge in [0.25, 0.3) is 0 Å². The van der Waals surface area contributed by atoms with E-state index in [4.69, 9.17) is 9.47 Å². The molecule has 0 aliphatic carbocycles. The monoisotopic (exact) mass is 544 g/mol. The number of carbonyl (C=O) groups excluding carboxylic acids is 2. The Balaban J connectivity index is 1.93. The number of carbonyl (C=O) groups is 2. The average Bonchev–Trinajstić information content (AvgIpc) is 2.91. The molecule has 2 amide bonds. The fraction of sp³-hybridized carbons (Fsp3) is 0.412. The Labute approximate surface area is 239 Å². The van der Waals surface area contributed by atoms with E-state index in [0.29, 0.717) is 44.1 Å². The summed E-state index contributed by atoms with van der Waals surface area (Å²) in [4.78, 5) is 29.5. The molecule has 40 heavy (non-hydrogen) atoms. The van der Waals surface area contributed by atoms with E-state index in [-0.39, 0.29) is 18.2 Å². The van der Waals surface area contributed by atoms with Gasteiger partial charge in [-0.2, -0.15) is 0 Å². The summed E-state index contributed by atoms with van der Waals surface area (Å²) in [6, 6.07) is 23.1. The molecular formula is C34H44N2O4. The van der Waals surface area contributed by atoms with Gasteiger partial charge in [0.2, 0.25) is 11.8 Å². The molecule has 0 saturated carbocycles. The highest BCUT2D eigenvalue weighted by atomic mass is 16.5. The second-order valence-electron chi connectivity index (χ2n) is 11.0. The zero-order chi connectivity index (χ0) is 29.1. The third-order valence-electron chi connectivity index (χ3n) is 6.61. The lowest BCUT2D eigenvalue weighted by atomic mass is 9.99. The van der Waals surface area contributed by atoms with Gasteiger partial charge in [0.05, 0.1) is 13.2 Å². The van der Waals surface area contributed by atoms with E-state index >= 15 is 0 Å². The second-order valence-corrected chi connectivity index (χ2v) is 11.0. The number of amides is 2. The molecule has 0 fully saturated rings. The maximum Gasteiger partial charge on any atom is 0.243 e. The predicted octanol–water partition coefficient (Wildman–Crippen LogP) is 6.28. The van der Waals surface area contributed by atoms with Crippen molar-refractivity contribution in [2.45, 2.75) is 78.9 Å². The minimum atomic E-state index is -0.659. The molecule has 3 aromatic rings. The number of hydrogen-bond acceptors (Lipinski definition) is 4. The molecule has 0 aromatic heterocycles. The number of rotatable bonds is 13. The van der Waals surface area contributed by atoms with Gasteiger partial charge < -0.3 is 19.7 Å². The molecule has 1 N–H and O–H groups in total. The maximum atomic E-state index is 14.0. The Morgan fingerprint density at radius 1 is 0.850 bits per heavy atom. The van der Waals surface area contributed by atoms with E-state index in [9.17, 15) is 9.59 Å². The zero-order valence-electron chi connectivity index (χ0n) is 24.8. The molecule has 3 rings (SSSR count). The van der Waals surface area contributed by atoms with Crippen LogP contribution in [0.15, 0.2) is 72.8 Å². The van der Waals surface area contributed by atoms with Crippen LogP contribution in [0.5, 0.6) is 11.5 Å². The van der Waals surface area contributed by atoms with Crippen molar-refractivity contribution >= 4 is 11.8 Å². The van der Waals surface area contributed by atoms with Crippen molar-refractivity contribution in [1.82, 2.24) is 10.2 Å². The van der Waals surface area contributed by atoms with Crippen LogP contribution in [0.25, 0.3) is 0 Å². The highest BCUT2D eigenvalue weighted by Gasteiger charge is 2.32. The standard InChI is InChI=1S/C34H44N2O4/c1-7-39-30-20-18-27(23-31(30)40-8-2)19-21-32(37)36(24-28-17-13-12-14-25(28)3)29(33(38)35-34(4,5)6)22-26-15-10-9-11-16-26/h9-18,20,23,29H,7-8,19,21-22,24H2,1-6H3,(H,35,38)/t29-/m1/s1. The Bertz CT molecular complexity index is 1250. The van der Waals surface area contributed by atoms with E-state index in [1.54, 1.807) is 4.90 Å². The van der Waals surface area contributed by atoms with Gasteiger partial charge >= 0.3 is 0 Å². The molecule has 0 saturated heterocycles. The molecule has 214 valence electrons. The quantitative estimate of drug-likeness (QED) is 0.275. The Kier molecular flexibility index (Phi) is 11.2. The molecule has 0 radical (unpaired) electrons. The van der Waals surface area contributed by atoms with Crippen LogP contribution < -0.4 is 14.8 Å². The van der Waals surface area contributed by atoms with E-state index in [1.165, 1.54) is 0 Å². The van der Waals surface area contributed by atoms with Crippen molar-refractivity contribution in [1.29, 1.82) is 0 Å². The van der Waals surface area contributed by atoms with Crippen molar-refractivity contribution in [3.63, 3.8) is 0 Å². The Hall–Kier alpha value is -3.80. The fourth-order valence-corrected chi connectivity index (χ4v) is 4.62. The Morgan fingerprint density at radius 2 is 1.50 bits per heavy atom. The molecule has 1 atom stereocenters. The summed E-state index contributed by atoms with van der Waals surface area (Å²) in [5.41, 5.74) is 3.67. The third kappa shape index (κ3) is 9.15. The van der Waals surface area contributed by atoms with Crippen LogP contribution in [-0.4, -0.2) is 41.5 Å². The summed E-state index contributed by atoms with van der Waals surface area (Å²) in [5.74, 6) is 1.15. The molecule has 6 heteroatoms. The number of ether oxygens (including phenoxy) is 2. The van der Waals surface area contributed by atoms with Gasteiger partial charge in [-0.15, -0.1) is 0 Å². The highest BCUT2D eigenvalue weighted by Crippen LogP contribution is 2.29. The zero-order valence-corrected chi connectivity index (χ0v) is 24.8. The maximum absolute atomic E-state index is 14.0. The molecule has 0 spiro atoms. The van der Waals surface area contributed by atoms with Gasteiger partial charge in [0.1, 0.15) is 6.04 Å². The van der Waals surface area contributed by atoms with Crippen LogP contribution in [0.2, 0.25) is 0 Å². The lowest BCUT2D eigenvalue weighted by molar-refractivity contribution is -0.141. The van der Waals surface area contributed by atoms with Crippen molar-refractivity contribution in [3.05, 3.63) is 95.1 Å². The van der Waals surface area contributed by atoms with E-state index in [0.717, 1.165) is 22.3 Å². The topological polar surface area (TPSA) is 67.9 Å². The van der Waals surface area contributed by atoms with Crippen LogP contribution in [0.1, 0.15) is 63.3 Å². The first-order chi connectivity index (χ1) is 19.1. The van der Waals surface area contributed by atoms with Crippen LogP contribution in [0.4, 0.5) is 0 Å². The molecular weight excluding hydrogens is 500 g/mol. The third-order valence-corrected chi connectivity index (χ3v) is 6.61. The molecule has 0 aliphatic heterocycles. The summed E-state index contributed by atoms with van der Waals surface area (Å²) in [7, 11) is 0. The van der Waals surface area contributed by atoms with Crippen molar-refractivity contribution in [3.8, 4) is 11.5 Å². The predicted molar refractivity (Wildman–Crippen MR) is 161 cm³/mol. The summed E-state index contributed by atoms with van der Waals surface area (Å²) in [6.45, 7) is 13.2. The van der Waals surface area contributed by atoms with Crippen LogP contribution in [-0.2, 0) is 29.0 Å². The van der Waals surface area contributed by atoms with Gasteiger partial charge in [-0.3, -0.25) is 9.59 Å². The molecule has 0 unspecified atom stereocenters. The number of benzene rings is 3. The largest absolute Gasteiger partial charge is 0.490 e.